The number of amides is 1. The van der Waals surface area contributed by atoms with Crippen molar-refractivity contribution in [2.24, 2.45) is 5.92 Å². The smallest absolute Gasteiger partial charge is 0.242 e. The highest BCUT2D eigenvalue weighted by Crippen LogP contribution is 2.49. The fraction of sp³-hybridized carbons (Fsp3) is 0.176. The van der Waals surface area contributed by atoms with Gasteiger partial charge in [0.1, 0.15) is 6.33 Å². The second kappa shape index (κ2) is 5.14. The maximum Gasteiger partial charge on any atom is 0.242 e. The van der Waals surface area contributed by atoms with Crippen LogP contribution in [0.25, 0.3) is 11.0 Å². The van der Waals surface area contributed by atoms with Crippen LogP contribution in [-0.4, -0.2) is 15.6 Å². The van der Waals surface area contributed by atoms with Gasteiger partial charge in [0.25, 0.3) is 0 Å². The van der Waals surface area contributed by atoms with Crippen LogP contribution in [-0.2, 0) is 4.79 Å². The fourth-order valence-electron chi connectivity index (χ4n) is 2.85. The van der Waals surface area contributed by atoms with E-state index in [1.807, 2.05) is 48.5 Å². The van der Waals surface area contributed by atoms with E-state index in [0.717, 1.165) is 28.0 Å². The summed E-state index contributed by atoms with van der Waals surface area (Å²) in [7, 11) is 0. The van der Waals surface area contributed by atoms with Crippen LogP contribution >= 0.6 is 11.6 Å². The number of benzene rings is 2. The van der Waals surface area contributed by atoms with Crippen molar-refractivity contribution < 1.29 is 4.79 Å². The van der Waals surface area contributed by atoms with Gasteiger partial charge >= 0.3 is 0 Å². The van der Waals surface area contributed by atoms with Crippen molar-refractivity contribution in [3.63, 3.8) is 0 Å². The molecule has 4 rings (SSSR count). The second-order valence-corrected chi connectivity index (χ2v) is 5.96. The quantitative estimate of drug-likeness (QED) is 0.804. The Bertz CT molecular complexity index is 858. The van der Waals surface area contributed by atoms with Crippen molar-refractivity contribution in [1.29, 1.82) is 0 Å². The Labute approximate surface area is 132 Å². The van der Waals surface area contributed by atoms with Crippen LogP contribution in [0, 0.1) is 5.92 Å². The number of imidazole rings is 1. The van der Waals surface area contributed by atoms with Gasteiger partial charge in [0, 0.05) is 10.9 Å². The van der Waals surface area contributed by atoms with E-state index in [1.54, 1.807) is 11.0 Å². The first-order chi connectivity index (χ1) is 10.7. The van der Waals surface area contributed by atoms with Crippen LogP contribution in [0.15, 0.2) is 54.9 Å². The molecule has 0 aliphatic heterocycles. The molecule has 1 amide bonds. The average molecular weight is 312 g/mol. The first-order valence-corrected chi connectivity index (χ1v) is 7.59. The van der Waals surface area contributed by atoms with Crippen LogP contribution in [0.1, 0.15) is 17.9 Å². The average Bonchev–Trinajstić information content (AvgIpc) is 3.24. The molecule has 110 valence electrons. The number of aromatic nitrogens is 2. The van der Waals surface area contributed by atoms with E-state index in [9.17, 15) is 4.79 Å². The molecule has 2 unspecified atom stereocenters. The molecule has 1 fully saturated rings. The summed E-state index contributed by atoms with van der Waals surface area (Å²) in [5, 5.41) is 0.732. The van der Waals surface area contributed by atoms with Gasteiger partial charge in [0.2, 0.25) is 5.91 Å². The van der Waals surface area contributed by atoms with Crippen molar-refractivity contribution in [2.45, 2.75) is 12.3 Å². The highest BCUT2D eigenvalue weighted by molar-refractivity contribution is 6.31. The lowest BCUT2D eigenvalue weighted by atomic mass is 10.1. The van der Waals surface area contributed by atoms with Crippen molar-refractivity contribution in [2.75, 3.05) is 5.43 Å². The molecule has 0 bridgehead atoms. The van der Waals surface area contributed by atoms with E-state index in [1.165, 1.54) is 0 Å². The molecule has 1 aliphatic carbocycles. The van der Waals surface area contributed by atoms with Crippen LogP contribution in [0.3, 0.4) is 0 Å². The first kappa shape index (κ1) is 13.3. The number of para-hydroxylation sites is 2. The van der Waals surface area contributed by atoms with Crippen LogP contribution in [0.2, 0.25) is 5.02 Å². The van der Waals surface area contributed by atoms with Gasteiger partial charge in [-0.15, -0.1) is 0 Å². The Kier molecular flexibility index (Phi) is 3.12. The monoisotopic (exact) mass is 311 g/mol. The van der Waals surface area contributed by atoms with E-state index in [2.05, 4.69) is 10.4 Å². The molecule has 2 aromatic carbocycles. The maximum absolute atomic E-state index is 12.4. The molecule has 1 aliphatic rings. The molecule has 1 heterocycles. The van der Waals surface area contributed by atoms with Crippen molar-refractivity contribution in [3.05, 3.63) is 65.4 Å². The Morgan fingerprint density at radius 3 is 2.82 bits per heavy atom. The summed E-state index contributed by atoms with van der Waals surface area (Å²) < 4.78 is 1.68. The molecule has 5 heteroatoms. The Morgan fingerprint density at radius 1 is 1.18 bits per heavy atom. The number of carbonyl (C=O) groups is 1. The molecular weight excluding hydrogens is 298 g/mol. The molecule has 22 heavy (non-hydrogen) atoms. The Hall–Kier alpha value is -2.33. The lowest BCUT2D eigenvalue weighted by Gasteiger charge is -2.07. The number of nitrogens with zero attached hydrogens (tertiary/aromatic N) is 2. The summed E-state index contributed by atoms with van der Waals surface area (Å²) in [4.78, 5) is 16.7. The zero-order valence-electron chi connectivity index (χ0n) is 11.7. The number of hydrogen-bond donors (Lipinski definition) is 1. The molecule has 2 atom stereocenters. The molecule has 0 spiro atoms. The van der Waals surface area contributed by atoms with E-state index < -0.39 is 0 Å². The second-order valence-electron chi connectivity index (χ2n) is 5.55. The SMILES string of the molecule is O=C(Nn1cnc2ccccc21)C1CC1c1ccccc1Cl. The van der Waals surface area contributed by atoms with Crippen LogP contribution in [0.4, 0.5) is 0 Å². The Morgan fingerprint density at radius 2 is 1.95 bits per heavy atom. The van der Waals surface area contributed by atoms with Crippen molar-refractivity contribution >= 4 is 28.5 Å². The highest BCUT2D eigenvalue weighted by Gasteiger charge is 2.45. The maximum atomic E-state index is 12.4. The number of fused-ring (bicyclic) bond motifs is 1. The van der Waals surface area contributed by atoms with Gasteiger partial charge in [-0.3, -0.25) is 10.2 Å². The standard InChI is InChI=1S/C17H14ClN3O/c18-14-6-2-1-5-11(14)12-9-13(12)17(22)20-21-10-19-15-7-3-4-8-16(15)21/h1-8,10,12-13H,9H2,(H,20,22). The van der Waals surface area contributed by atoms with E-state index >= 15 is 0 Å². The van der Waals surface area contributed by atoms with Crippen molar-refractivity contribution in [3.8, 4) is 0 Å². The number of rotatable bonds is 3. The van der Waals surface area contributed by atoms with Gasteiger partial charge in [0.05, 0.1) is 11.0 Å². The molecule has 1 N–H and O–H groups in total. The summed E-state index contributed by atoms with van der Waals surface area (Å²) >= 11 is 6.20. The van der Waals surface area contributed by atoms with Gasteiger partial charge in [-0.2, -0.15) is 0 Å². The number of nitrogens with one attached hydrogen (secondary N) is 1. The van der Waals surface area contributed by atoms with Crippen LogP contribution in [0.5, 0.6) is 0 Å². The van der Waals surface area contributed by atoms with Gasteiger partial charge < -0.3 is 0 Å². The van der Waals surface area contributed by atoms with E-state index in [0.29, 0.717) is 0 Å². The minimum Gasteiger partial charge on any atom is -0.273 e. The summed E-state index contributed by atoms with van der Waals surface area (Å²) in [5.74, 6) is 0.192. The molecule has 3 aromatic rings. The molecule has 1 aromatic heterocycles. The van der Waals surface area contributed by atoms with Gasteiger partial charge in [-0.05, 0) is 36.1 Å². The lowest BCUT2D eigenvalue weighted by Crippen LogP contribution is -2.24. The van der Waals surface area contributed by atoms with E-state index in [-0.39, 0.29) is 17.7 Å². The largest absolute Gasteiger partial charge is 0.273 e. The third-order valence-corrected chi connectivity index (χ3v) is 4.46. The topological polar surface area (TPSA) is 46.9 Å². The summed E-state index contributed by atoms with van der Waals surface area (Å²) in [6, 6.07) is 15.4. The van der Waals surface area contributed by atoms with Gasteiger partial charge in [-0.1, -0.05) is 41.9 Å². The third-order valence-electron chi connectivity index (χ3n) is 4.12. The van der Waals surface area contributed by atoms with Crippen molar-refractivity contribution in [1.82, 2.24) is 9.66 Å². The Balaban J connectivity index is 1.51. The fourth-order valence-corrected chi connectivity index (χ4v) is 3.13. The minimum atomic E-state index is -0.0268. The molecule has 1 saturated carbocycles. The minimum absolute atomic E-state index is 0.00747. The third kappa shape index (κ3) is 2.25. The number of halogens is 1. The predicted octanol–water partition coefficient (Wildman–Crippen LogP) is 3.56. The molecule has 0 saturated heterocycles. The van der Waals surface area contributed by atoms with E-state index in [4.69, 9.17) is 11.6 Å². The van der Waals surface area contributed by atoms with Gasteiger partial charge in [0.15, 0.2) is 0 Å². The first-order valence-electron chi connectivity index (χ1n) is 7.21. The summed E-state index contributed by atoms with van der Waals surface area (Å²) in [6.45, 7) is 0. The normalized spacial score (nSPS) is 20.0. The highest BCUT2D eigenvalue weighted by atomic mass is 35.5. The molecule has 0 radical (unpaired) electrons. The van der Waals surface area contributed by atoms with Gasteiger partial charge in [-0.25, -0.2) is 9.66 Å². The zero-order valence-corrected chi connectivity index (χ0v) is 12.5. The lowest BCUT2D eigenvalue weighted by molar-refractivity contribution is -0.118. The number of carbonyl (C=O) groups excluding carboxylic acids is 1. The summed E-state index contributed by atoms with van der Waals surface area (Å²) in [5.41, 5.74) is 5.73. The van der Waals surface area contributed by atoms with Crippen LogP contribution < -0.4 is 5.43 Å². The number of hydrogen-bond acceptors (Lipinski definition) is 2. The summed E-state index contributed by atoms with van der Waals surface area (Å²) in [6.07, 6.45) is 2.47. The zero-order chi connectivity index (χ0) is 15.1. The molecular formula is C17H14ClN3O. The molecule has 4 nitrogen and oxygen atoms in total. The predicted molar refractivity (Wildman–Crippen MR) is 86.4 cm³/mol.